The number of carbonyl (C=O) groups excluding carboxylic acids is 1. The van der Waals surface area contributed by atoms with E-state index in [4.69, 9.17) is 4.74 Å². The Morgan fingerprint density at radius 1 is 1.35 bits per heavy atom. The average Bonchev–Trinajstić information content (AvgIpc) is 3.00. The summed E-state index contributed by atoms with van der Waals surface area (Å²) in [5.74, 6) is -0.0463. The van der Waals surface area contributed by atoms with E-state index < -0.39 is 5.54 Å². The molecule has 2 rings (SSSR count). The maximum absolute atomic E-state index is 12.8. The van der Waals surface area contributed by atoms with Gasteiger partial charge < -0.3 is 10.1 Å². The Balaban J connectivity index is 2.09. The number of aromatic nitrogens is 1. The molecule has 0 saturated heterocycles. The lowest BCUT2D eigenvalue weighted by molar-refractivity contribution is -0.131. The van der Waals surface area contributed by atoms with Crippen LogP contribution in [0.1, 0.15) is 23.2 Å². The van der Waals surface area contributed by atoms with Crippen molar-refractivity contribution in [2.75, 3.05) is 21.2 Å². The van der Waals surface area contributed by atoms with Crippen LogP contribution in [0.4, 0.5) is 0 Å². The minimum absolute atomic E-state index is 0.0463. The van der Waals surface area contributed by atoms with Crippen LogP contribution in [-0.2, 0) is 28.2 Å². The van der Waals surface area contributed by atoms with Crippen LogP contribution >= 0.6 is 11.3 Å². The van der Waals surface area contributed by atoms with Gasteiger partial charge in [-0.25, -0.2) is 4.98 Å². The first kappa shape index (κ1) is 17.6. The second-order valence-corrected chi connectivity index (χ2v) is 6.62. The molecular weight excluding hydrogens is 310 g/mol. The molecule has 1 unspecified atom stereocenters. The Bertz CT molecular complexity index is 642. The van der Waals surface area contributed by atoms with E-state index in [1.54, 1.807) is 7.11 Å². The van der Waals surface area contributed by atoms with Crippen molar-refractivity contribution >= 4 is 17.2 Å². The molecule has 124 valence electrons. The number of thiazole rings is 1. The van der Waals surface area contributed by atoms with E-state index in [0.717, 1.165) is 16.3 Å². The first-order chi connectivity index (χ1) is 11.0. The van der Waals surface area contributed by atoms with E-state index in [-0.39, 0.29) is 5.91 Å². The first-order valence-corrected chi connectivity index (χ1v) is 8.30. The quantitative estimate of drug-likeness (QED) is 0.845. The number of likely N-dealkylation sites (N-methyl/N-ethyl adjacent to an activating group) is 1. The number of methoxy groups -OCH3 is 1. The standard InChI is InChI=1S/C17H23N3O2S/c1-17(20(2)3,13-8-6-5-7-9-13)16(21)18-10-14-12-23-15(19-14)11-22-4/h5-9,12H,10-11H2,1-4H3,(H,18,21). The largest absolute Gasteiger partial charge is 0.378 e. The van der Waals surface area contributed by atoms with E-state index in [1.807, 2.05) is 61.6 Å². The van der Waals surface area contributed by atoms with Crippen LogP contribution in [0.3, 0.4) is 0 Å². The van der Waals surface area contributed by atoms with Gasteiger partial charge >= 0.3 is 0 Å². The Labute approximate surface area is 141 Å². The van der Waals surface area contributed by atoms with Gasteiger partial charge in [-0.05, 0) is 26.6 Å². The summed E-state index contributed by atoms with van der Waals surface area (Å²) in [6.07, 6.45) is 0. The summed E-state index contributed by atoms with van der Waals surface area (Å²) in [7, 11) is 5.46. The highest BCUT2D eigenvalue weighted by Crippen LogP contribution is 2.26. The van der Waals surface area contributed by atoms with Gasteiger partial charge in [-0.3, -0.25) is 9.69 Å². The minimum atomic E-state index is -0.730. The molecule has 1 amide bonds. The lowest BCUT2D eigenvalue weighted by Crippen LogP contribution is -2.51. The number of nitrogens with one attached hydrogen (secondary N) is 1. The number of hydrogen-bond acceptors (Lipinski definition) is 5. The smallest absolute Gasteiger partial charge is 0.245 e. The van der Waals surface area contributed by atoms with Gasteiger partial charge in [0.1, 0.15) is 10.5 Å². The van der Waals surface area contributed by atoms with Crippen LogP contribution < -0.4 is 5.32 Å². The zero-order chi connectivity index (χ0) is 16.9. The second kappa shape index (κ2) is 7.68. The highest BCUT2D eigenvalue weighted by atomic mass is 32.1. The number of rotatable bonds is 7. The van der Waals surface area contributed by atoms with Crippen LogP contribution in [0.5, 0.6) is 0 Å². The van der Waals surface area contributed by atoms with Gasteiger partial charge in [0.25, 0.3) is 0 Å². The van der Waals surface area contributed by atoms with Crippen molar-refractivity contribution in [3.63, 3.8) is 0 Å². The molecule has 0 radical (unpaired) electrons. The molecule has 0 bridgehead atoms. The zero-order valence-electron chi connectivity index (χ0n) is 14.0. The van der Waals surface area contributed by atoms with Crippen molar-refractivity contribution in [2.45, 2.75) is 25.6 Å². The number of carbonyl (C=O) groups is 1. The SMILES string of the molecule is COCc1nc(CNC(=O)C(C)(c2ccccc2)N(C)C)cs1. The summed E-state index contributed by atoms with van der Waals surface area (Å²) in [4.78, 5) is 19.2. The average molecular weight is 333 g/mol. The topological polar surface area (TPSA) is 54.5 Å². The van der Waals surface area contributed by atoms with E-state index in [2.05, 4.69) is 10.3 Å². The van der Waals surface area contributed by atoms with Crippen molar-refractivity contribution in [1.82, 2.24) is 15.2 Å². The van der Waals surface area contributed by atoms with Crippen molar-refractivity contribution in [3.8, 4) is 0 Å². The van der Waals surface area contributed by atoms with Gasteiger partial charge in [0, 0.05) is 12.5 Å². The molecule has 1 heterocycles. The molecule has 6 heteroatoms. The maximum atomic E-state index is 12.8. The predicted molar refractivity (Wildman–Crippen MR) is 92.2 cm³/mol. The van der Waals surface area contributed by atoms with E-state index in [9.17, 15) is 4.79 Å². The number of ether oxygens (including phenoxy) is 1. The minimum Gasteiger partial charge on any atom is -0.378 e. The van der Waals surface area contributed by atoms with Crippen molar-refractivity contribution in [1.29, 1.82) is 0 Å². The number of benzene rings is 1. The summed E-state index contributed by atoms with van der Waals surface area (Å²) >= 11 is 1.54. The maximum Gasteiger partial charge on any atom is 0.245 e. The molecule has 23 heavy (non-hydrogen) atoms. The number of hydrogen-bond donors (Lipinski definition) is 1. The third-order valence-corrected chi connectivity index (χ3v) is 4.84. The van der Waals surface area contributed by atoms with Crippen LogP contribution in [0, 0.1) is 0 Å². The Hall–Kier alpha value is -1.76. The highest BCUT2D eigenvalue weighted by Gasteiger charge is 2.37. The lowest BCUT2D eigenvalue weighted by atomic mass is 9.89. The molecule has 2 aromatic rings. The lowest BCUT2D eigenvalue weighted by Gasteiger charge is -2.35. The van der Waals surface area contributed by atoms with Gasteiger partial charge in [-0.2, -0.15) is 0 Å². The van der Waals surface area contributed by atoms with E-state index in [0.29, 0.717) is 13.2 Å². The van der Waals surface area contributed by atoms with Crippen LogP contribution in [0.25, 0.3) is 0 Å². The molecule has 1 atom stereocenters. The van der Waals surface area contributed by atoms with Crippen LogP contribution in [0.2, 0.25) is 0 Å². The first-order valence-electron chi connectivity index (χ1n) is 7.42. The fourth-order valence-corrected chi connectivity index (χ4v) is 3.08. The fraction of sp³-hybridized carbons (Fsp3) is 0.412. The van der Waals surface area contributed by atoms with Gasteiger partial charge in [-0.15, -0.1) is 11.3 Å². The van der Waals surface area contributed by atoms with Crippen LogP contribution in [0.15, 0.2) is 35.7 Å². The Morgan fingerprint density at radius 3 is 2.65 bits per heavy atom. The molecule has 0 fully saturated rings. The summed E-state index contributed by atoms with van der Waals surface area (Å²) in [6, 6.07) is 9.78. The summed E-state index contributed by atoms with van der Waals surface area (Å²) in [5.41, 5.74) is 1.08. The summed E-state index contributed by atoms with van der Waals surface area (Å²) in [6.45, 7) is 2.84. The van der Waals surface area contributed by atoms with Crippen molar-refractivity contribution in [2.24, 2.45) is 0 Å². The Morgan fingerprint density at radius 2 is 2.04 bits per heavy atom. The third kappa shape index (κ3) is 3.96. The Kier molecular flexibility index (Phi) is 5.87. The summed E-state index contributed by atoms with van der Waals surface area (Å²) < 4.78 is 5.06. The predicted octanol–water partition coefficient (Wildman–Crippen LogP) is 2.38. The molecular formula is C17H23N3O2S. The van der Waals surface area contributed by atoms with E-state index >= 15 is 0 Å². The molecule has 1 aromatic carbocycles. The van der Waals surface area contributed by atoms with Crippen molar-refractivity contribution in [3.05, 3.63) is 52.0 Å². The molecule has 5 nitrogen and oxygen atoms in total. The van der Waals surface area contributed by atoms with Gasteiger partial charge in [0.2, 0.25) is 5.91 Å². The summed E-state index contributed by atoms with van der Waals surface area (Å²) in [5, 5.41) is 5.86. The normalized spacial score (nSPS) is 13.8. The number of nitrogens with zero attached hydrogens (tertiary/aromatic N) is 2. The van der Waals surface area contributed by atoms with Crippen LogP contribution in [-0.4, -0.2) is 37.0 Å². The molecule has 1 N–H and O–H groups in total. The molecule has 1 aromatic heterocycles. The van der Waals surface area contributed by atoms with Crippen molar-refractivity contribution < 1.29 is 9.53 Å². The highest BCUT2D eigenvalue weighted by molar-refractivity contribution is 7.09. The van der Waals surface area contributed by atoms with Gasteiger partial charge in [0.15, 0.2) is 0 Å². The number of amides is 1. The molecule has 0 spiro atoms. The molecule has 0 saturated carbocycles. The molecule has 0 aliphatic rings. The third-order valence-electron chi connectivity index (χ3n) is 3.97. The monoisotopic (exact) mass is 333 g/mol. The van der Waals surface area contributed by atoms with Gasteiger partial charge in [0.05, 0.1) is 18.8 Å². The second-order valence-electron chi connectivity index (χ2n) is 5.68. The zero-order valence-corrected chi connectivity index (χ0v) is 14.8. The van der Waals surface area contributed by atoms with E-state index in [1.165, 1.54) is 11.3 Å². The fourth-order valence-electron chi connectivity index (χ4n) is 2.32. The van der Waals surface area contributed by atoms with Gasteiger partial charge in [-0.1, -0.05) is 30.3 Å². The molecule has 0 aliphatic carbocycles. The molecule has 0 aliphatic heterocycles.